The molecule has 0 aliphatic rings. The van der Waals surface area contributed by atoms with Crippen LogP contribution < -0.4 is 4.90 Å². The second kappa shape index (κ2) is 10.5. The molecule has 31 heavy (non-hydrogen) atoms. The maximum Gasteiger partial charge on any atom is 0.270 e. The van der Waals surface area contributed by atoms with Crippen molar-refractivity contribution in [3.05, 3.63) is 95.9 Å². The van der Waals surface area contributed by atoms with Crippen LogP contribution in [0.2, 0.25) is 0 Å². The van der Waals surface area contributed by atoms with Crippen molar-refractivity contribution in [2.45, 2.75) is 40.0 Å². The smallest absolute Gasteiger partial charge is 0.270 e. The van der Waals surface area contributed by atoms with Crippen molar-refractivity contribution in [3.8, 4) is 12.3 Å². The van der Waals surface area contributed by atoms with Crippen LogP contribution in [0.5, 0.6) is 0 Å². The van der Waals surface area contributed by atoms with Crippen molar-refractivity contribution in [2.75, 3.05) is 4.90 Å². The van der Waals surface area contributed by atoms with Crippen LogP contribution >= 0.6 is 0 Å². The predicted molar refractivity (Wildman–Crippen MR) is 128 cm³/mol. The molecular weight excluding hydrogens is 390 g/mol. The molecule has 0 saturated heterocycles. The average Bonchev–Trinajstić information content (AvgIpc) is 2.74. The van der Waals surface area contributed by atoms with Gasteiger partial charge in [-0.05, 0) is 56.2 Å². The van der Waals surface area contributed by atoms with E-state index in [2.05, 4.69) is 12.5 Å². The molecule has 0 atom stereocenters. The minimum Gasteiger partial charge on any atom is -0.316 e. The van der Waals surface area contributed by atoms with E-state index in [9.17, 15) is 8.78 Å². The fraction of sp³-hybridized carbons (Fsp3) is 0.222. The lowest BCUT2D eigenvalue weighted by molar-refractivity contribution is 0.0175. The van der Waals surface area contributed by atoms with E-state index >= 15 is 0 Å². The maximum atomic E-state index is 13.8. The van der Waals surface area contributed by atoms with E-state index in [1.54, 1.807) is 12.1 Å². The summed E-state index contributed by atoms with van der Waals surface area (Å²) in [4.78, 5) is 6.61. The van der Waals surface area contributed by atoms with Crippen molar-refractivity contribution in [1.29, 1.82) is 0 Å². The van der Waals surface area contributed by atoms with E-state index in [0.29, 0.717) is 23.5 Å². The van der Waals surface area contributed by atoms with Gasteiger partial charge < -0.3 is 4.90 Å². The molecule has 4 heteroatoms. The Kier molecular flexibility index (Phi) is 8.10. The molecule has 0 heterocycles. The number of alkyl halides is 2. The predicted octanol–water partition coefficient (Wildman–Crippen LogP) is 7.70. The Morgan fingerprint density at radius 2 is 1.94 bits per heavy atom. The molecule has 0 aromatic heterocycles. The summed E-state index contributed by atoms with van der Waals surface area (Å²) in [6.45, 7) is 11.0. The van der Waals surface area contributed by atoms with Gasteiger partial charge >= 0.3 is 0 Å². The Morgan fingerprint density at radius 3 is 2.55 bits per heavy atom. The molecule has 160 valence electrons. The highest BCUT2D eigenvalue weighted by atomic mass is 19.3. The van der Waals surface area contributed by atoms with Crippen LogP contribution in [0, 0.1) is 19.3 Å². The number of hydrogen-bond acceptors (Lipinski definition) is 2. The summed E-state index contributed by atoms with van der Waals surface area (Å²) in [5.41, 5.74) is 4.45. The summed E-state index contributed by atoms with van der Waals surface area (Å²) in [6, 6.07) is 14.1. The molecule has 0 aliphatic heterocycles. The third-order valence-electron chi connectivity index (χ3n) is 4.73. The van der Waals surface area contributed by atoms with Crippen molar-refractivity contribution in [1.82, 2.24) is 0 Å². The zero-order valence-electron chi connectivity index (χ0n) is 18.5. The summed E-state index contributed by atoms with van der Waals surface area (Å²) in [5, 5.41) is 0. The highest BCUT2D eigenvalue weighted by molar-refractivity contribution is 6.14. The van der Waals surface area contributed by atoms with E-state index in [-0.39, 0.29) is 5.56 Å². The Morgan fingerprint density at radius 1 is 1.23 bits per heavy atom. The van der Waals surface area contributed by atoms with Crippen LogP contribution in [0.15, 0.2) is 89.7 Å². The van der Waals surface area contributed by atoms with Gasteiger partial charge in [0.1, 0.15) is 0 Å². The van der Waals surface area contributed by atoms with Gasteiger partial charge in [0, 0.05) is 30.8 Å². The number of aryl methyl sites for hydroxylation is 1. The van der Waals surface area contributed by atoms with Crippen LogP contribution in [0.3, 0.4) is 0 Å². The molecule has 0 radical (unpaired) electrons. The van der Waals surface area contributed by atoms with Crippen molar-refractivity contribution in [3.63, 3.8) is 0 Å². The van der Waals surface area contributed by atoms with Gasteiger partial charge in [-0.15, -0.1) is 12.3 Å². The first kappa shape index (κ1) is 23.8. The van der Waals surface area contributed by atoms with Crippen molar-refractivity contribution >= 4 is 17.1 Å². The zero-order chi connectivity index (χ0) is 23.0. The number of rotatable bonds is 8. The third kappa shape index (κ3) is 6.52. The number of halogens is 2. The van der Waals surface area contributed by atoms with Gasteiger partial charge in [0.2, 0.25) is 0 Å². The first-order valence-corrected chi connectivity index (χ1v) is 10.0. The molecule has 2 aromatic carbocycles. The summed E-state index contributed by atoms with van der Waals surface area (Å²) in [5.74, 6) is -0.348. The molecular formula is C27H28F2N2. The molecule has 0 aliphatic carbocycles. The van der Waals surface area contributed by atoms with Crippen LogP contribution in [0.25, 0.3) is 0 Å². The average molecular weight is 419 g/mol. The van der Waals surface area contributed by atoms with Crippen molar-refractivity contribution in [2.24, 2.45) is 4.99 Å². The number of terminal acetylenes is 1. The standard InChI is InChI=1S/C27H28F2N2/c1-7-9-10-17-31(25-16-11-13-20(3)18-25)22(5)26(21(4)8-2)30-24-15-12-14-23(19-24)27(6,28)29/h1,8,10-19H,5,9H2,2-4,6H3/b17-10+,21-8+,30-26?. The molecule has 0 unspecified atom stereocenters. The number of allylic oxidation sites excluding steroid dienone is 3. The first-order chi connectivity index (χ1) is 14.7. The summed E-state index contributed by atoms with van der Waals surface area (Å²) in [6.07, 6.45) is 11.5. The highest BCUT2D eigenvalue weighted by Gasteiger charge is 2.24. The molecule has 2 aromatic rings. The van der Waals surface area contributed by atoms with Gasteiger partial charge in [0.15, 0.2) is 0 Å². The normalized spacial score (nSPS) is 12.7. The van der Waals surface area contributed by atoms with Crippen LogP contribution in [-0.4, -0.2) is 5.71 Å². The monoisotopic (exact) mass is 418 g/mol. The number of anilines is 1. The zero-order valence-corrected chi connectivity index (χ0v) is 18.5. The van der Waals surface area contributed by atoms with Gasteiger partial charge in [-0.3, -0.25) is 0 Å². The molecule has 0 spiro atoms. The minimum atomic E-state index is -2.94. The Hall–Kier alpha value is -3.45. The molecule has 2 rings (SSSR count). The van der Waals surface area contributed by atoms with E-state index in [4.69, 9.17) is 11.4 Å². The fourth-order valence-corrected chi connectivity index (χ4v) is 2.94. The topological polar surface area (TPSA) is 15.6 Å². The lowest BCUT2D eigenvalue weighted by Gasteiger charge is -2.25. The number of benzene rings is 2. The Bertz CT molecular complexity index is 1060. The largest absolute Gasteiger partial charge is 0.316 e. The summed E-state index contributed by atoms with van der Waals surface area (Å²) >= 11 is 0. The van der Waals surface area contributed by atoms with Gasteiger partial charge in [-0.1, -0.05) is 43.0 Å². The molecule has 0 N–H and O–H groups in total. The van der Waals surface area contributed by atoms with E-state index in [0.717, 1.165) is 23.7 Å². The Labute approximate surface area is 184 Å². The van der Waals surface area contributed by atoms with Gasteiger partial charge in [-0.2, -0.15) is 0 Å². The number of nitrogens with zero attached hydrogens (tertiary/aromatic N) is 2. The maximum absolute atomic E-state index is 13.8. The molecule has 0 bridgehead atoms. The second-order valence-corrected chi connectivity index (χ2v) is 7.32. The lowest BCUT2D eigenvalue weighted by Crippen LogP contribution is -2.22. The van der Waals surface area contributed by atoms with Crippen LogP contribution in [0.4, 0.5) is 20.2 Å². The number of hydrogen-bond donors (Lipinski definition) is 0. The van der Waals surface area contributed by atoms with Crippen LogP contribution in [-0.2, 0) is 5.92 Å². The van der Waals surface area contributed by atoms with Gasteiger partial charge in [0.05, 0.1) is 17.1 Å². The van der Waals surface area contributed by atoms with Gasteiger partial charge in [0.25, 0.3) is 5.92 Å². The fourth-order valence-electron chi connectivity index (χ4n) is 2.94. The van der Waals surface area contributed by atoms with Crippen molar-refractivity contribution < 1.29 is 8.78 Å². The molecule has 0 fully saturated rings. The molecule has 0 amide bonds. The van der Waals surface area contributed by atoms with Crippen LogP contribution in [0.1, 0.15) is 38.3 Å². The summed E-state index contributed by atoms with van der Waals surface area (Å²) in [7, 11) is 0. The highest BCUT2D eigenvalue weighted by Crippen LogP contribution is 2.31. The molecule has 0 saturated carbocycles. The lowest BCUT2D eigenvalue weighted by atomic mass is 10.1. The van der Waals surface area contributed by atoms with Gasteiger partial charge in [-0.25, -0.2) is 13.8 Å². The first-order valence-electron chi connectivity index (χ1n) is 10.0. The van der Waals surface area contributed by atoms with E-state index < -0.39 is 5.92 Å². The van der Waals surface area contributed by atoms with E-state index in [1.165, 1.54) is 12.1 Å². The second-order valence-electron chi connectivity index (χ2n) is 7.32. The SMILES string of the molecule is C#CC/C=C/N(C(=C)C(=Nc1cccc(C(C)(F)F)c1)/C(C)=C/C)c1cccc(C)c1. The molecule has 2 nitrogen and oxygen atoms in total. The Balaban J connectivity index is 2.58. The minimum absolute atomic E-state index is 0.0821. The third-order valence-corrected chi connectivity index (χ3v) is 4.73. The van der Waals surface area contributed by atoms with E-state index in [1.807, 2.05) is 68.3 Å². The quantitative estimate of drug-likeness (QED) is 0.317. The summed E-state index contributed by atoms with van der Waals surface area (Å²) < 4.78 is 27.6. The number of aliphatic imine (C=N–C) groups is 1.